The number of ether oxygens (including phenoxy) is 1. The number of rotatable bonds is 5. The van der Waals surface area contributed by atoms with E-state index in [0.29, 0.717) is 13.1 Å². The molecule has 0 atom stereocenters. The molecule has 0 fully saturated rings. The molecule has 2 rings (SSSR count). The number of aliphatic imine (C=N–C) groups is 1. The number of aryl methyl sites for hydroxylation is 1. The molecular formula is C17H22N4O. The molecule has 1 heterocycles. The van der Waals surface area contributed by atoms with Crippen molar-refractivity contribution in [2.45, 2.75) is 20.0 Å². The summed E-state index contributed by atoms with van der Waals surface area (Å²) >= 11 is 0. The second kappa shape index (κ2) is 8.02. The summed E-state index contributed by atoms with van der Waals surface area (Å²) in [5, 5.41) is 6.54. The van der Waals surface area contributed by atoms with Crippen LogP contribution in [0, 0.1) is 6.92 Å². The van der Waals surface area contributed by atoms with E-state index in [-0.39, 0.29) is 0 Å². The van der Waals surface area contributed by atoms with Crippen molar-refractivity contribution in [1.82, 2.24) is 15.6 Å². The molecule has 0 aliphatic rings. The summed E-state index contributed by atoms with van der Waals surface area (Å²) in [4.78, 5) is 8.49. The Labute approximate surface area is 131 Å². The number of aromatic nitrogens is 1. The number of benzene rings is 1. The van der Waals surface area contributed by atoms with Crippen LogP contribution in [-0.4, -0.2) is 25.1 Å². The Balaban J connectivity index is 1.87. The quantitative estimate of drug-likeness (QED) is 0.657. The lowest BCUT2D eigenvalue weighted by molar-refractivity contribution is 0.411. The van der Waals surface area contributed by atoms with Gasteiger partial charge in [0, 0.05) is 19.8 Å². The maximum absolute atomic E-state index is 5.27. The predicted octanol–water partition coefficient (Wildman–Crippen LogP) is 2.26. The third-order valence-electron chi connectivity index (χ3n) is 3.31. The van der Waals surface area contributed by atoms with E-state index in [2.05, 4.69) is 26.7 Å². The van der Waals surface area contributed by atoms with Crippen LogP contribution in [0.25, 0.3) is 0 Å². The molecule has 0 spiro atoms. The molecule has 0 bridgehead atoms. The number of pyridine rings is 1. The predicted molar refractivity (Wildman–Crippen MR) is 89.0 cm³/mol. The number of hydrogen-bond donors (Lipinski definition) is 2. The number of guanidine groups is 1. The van der Waals surface area contributed by atoms with Gasteiger partial charge in [0.15, 0.2) is 5.96 Å². The van der Waals surface area contributed by atoms with Gasteiger partial charge in [0.05, 0.1) is 19.3 Å². The Morgan fingerprint density at radius 3 is 2.64 bits per heavy atom. The molecule has 0 saturated heterocycles. The van der Waals surface area contributed by atoms with Crippen molar-refractivity contribution < 1.29 is 4.74 Å². The van der Waals surface area contributed by atoms with Crippen LogP contribution >= 0.6 is 0 Å². The monoisotopic (exact) mass is 298 g/mol. The van der Waals surface area contributed by atoms with Crippen molar-refractivity contribution in [2.75, 3.05) is 14.2 Å². The maximum Gasteiger partial charge on any atom is 0.191 e. The summed E-state index contributed by atoms with van der Waals surface area (Å²) in [5.74, 6) is 1.65. The number of hydrogen-bond acceptors (Lipinski definition) is 3. The summed E-state index contributed by atoms with van der Waals surface area (Å²) in [5.41, 5.74) is 3.28. The van der Waals surface area contributed by atoms with Crippen LogP contribution in [0.3, 0.4) is 0 Å². The Bertz CT molecular complexity index is 626. The molecule has 0 unspecified atom stereocenters. The van der Waals surface area contributed by atoms with E-state index in [1.54, 1.807) is 20.4 Å². The first-order chi connectivity index (χ1) is 10.7. The minimum atomic E-state index is 0.641. The smallest absolute Gasteiger partial charge is 0.191 e. The lowest BCUT2D eigenvalue weighted by atomic mass is 10.1. The first-order valence-electron chi connectivity index (χ1n) is 7.21. The van der Waals surface area contributed by atoms with E-state index in [0.717, 1.165) is 23.0 Å². The highest BCUT2D eigenvalue weighted by Gasteiger charge is 2.02. The van der Waals surface area contributed by atoms with Crippen LogP contribution in [0.15, 0.2) is 47.6 Å². The number of methoxy groups -OCH3 is 1. The summed E-state index contributed by atoms with van der Waals surface area (Å²) < 4.78 is 5.27. The van der Waals surface area contributed by atoms with Gasteiger partial charge in [0.1, 0.15) is 5.75 Å². The third kappa shape index (κ3) is 4.48. The third-order valence-corrected chi connectivity index (χ3v) is 3.31. The summed E-state index contributed by atoms with van der Waals surface area (Å²) in [6.07, 6.45) is 1.79. The maximum atomic E-state index is 5.27. The van der Waals surface area contributed by atoms with Gasteiger partial charge >= 0.3 is 0 Å². The lowest BCUT2D eigenvalue weighted by Gasteiger charge is -2.12. The van der Waals surface area contributed by atoms with Crippen molar-refractivity contribution in [2.24, 2.45) is 4.99 Å². The van der Waals surface area contributed by atoms with Crippen LogP contribution in [0.5, 0.6) is 5.75 Å². The summed E-state index contributed by atoms with van der Waals surface area (Å²) in [6, 6.07) is 12.0. The molecular weight excluding hydrogens is 276 g/mol. The van der Waals surface area contributed by atoms with Crippen LogP contribution in [-0.2, 0) is 13.1 Å². The highest BCUT2D eigenvalue weighted by molar-refractivity contribution is 5.79. The molecule has 0 aliphatic heterocycles. The number of nitrogens with one attached hydrogen (secondary N) is 2. The zero-order valence-electron chi connectivity index (χ0n) is 13.3. The van der Waals surface area contributed by atoms with E-state index < -0.39 is 0 Å². The van der Waals surface area contributed by atoms with Crippen molar-refractivity contribution in [3.05, 3.63) is 59.4 Å². The van der Waals surface area contributed by atoms with Gasteiger partial charge in [-0.05, 0) is 36.2 Å². The number of nitrogens with zero attached hydrogens (tertiary/aromatic N) is 2. The molecule has 22 heavy (non-hydrogen) atoms. The normalized spacial score (nSPS) is 11.1. The molecule has 2 N–H and O–H groups in total. The topological polar surface area (TPSA) is 58.5 Å². The Morgan fingerprint density at radius 2 is 2.00 bits per heavy atom. The van der Waals surface area contributed by atoms with E-state index in [4.69, 9.17) is 4.74 Å². The lowest BCUT2D eigenvalue weighted by Crippen LogP contribution is -2.36. The van der Waals surface area contributed by atoms with Gasteiger partial charge in [0.25, 0.3) is 0 Å². The Hall–Kier alpha value is -2.56. The average molecular weight is 298 g/mol. The van der Waals surface area contributed by atoms with Gasteiger partial charge in [-0.1, -0.05) is 18.2 Å². The van der Waals surface area contributed by atoms with E-state index in [1.807, 2.05) is 37.3 Å². The first kappa shape index (κ1) is 15.8. The van der Waals surface area contributed by atoms with Crippen molar-refractivity contribution >= 4 is 5.96 Å². The fourth-order valence-corrected chi connectivity index (χ4v) is 2.13. The average Bonchev–Trinajstić information content (AvgIpc) is 2.56. The van der Waals surface area contributed by atoms with Gasteiger partial charge in [-0.2, -0.15) is 0 Å². The Kier molecular flexibility index (Phi) is 5.77. The second-order valence-corrected chi connectivity index (χ2v) is 4.90. The Morgan fingerprint density at radius 1 is 1.18 bits per heavy atom. The fraction of sp³-hybridized carbons (Fsp3) is 0.294. The van der Waals surface area contributed by atoms with Gasteiger partial charge in [-0.3, -0.25) is 9.98 Å². The second-order valence-electron chi connectivity index (χ2n) is 4.90. The minimum Gasteiger partial charge on any atom is -0.496 e. The summed E-state index contributed by atoms with van der Waals surface area (Å²) in [7, 11) is 3.44. The van der Waals surface area contributed by atoms with E-state index in [1.165, 1.54) is 5.56 Å². The van der Waals surface area contributed by atoms with Gasteiger partial charge < -0.3 is 15.4 Å². The van der Waals surface area contributed by atoms with Crippen molar-refractivity contribution in [3.8, 4) is 5.75 Å². The van der Waals surface area contributed by atoms with Crippen molar-refractivity contribution in [3.63, 3.8) is 0 Å². The minimum absolute atomic E-state index is 0.641. The van der Waals surface area contributed by atoms with Crippen LogP contribution in [0.4, 0.5) is 0 Å². The van der Waals surface area contributed by atoms with E-state index in [9.17, 15) is 0 Å². The highest BCUT2D eigenvalue weighted by Crippen LogP contribution is 2.18. The molecule has 0 amide bonds. The SMILES string of the molecule is CN=C(NCc1ccc(OC)c(C)c1)NCc1ccccn1. The molecule has 2 aromatic rings. The fourth-order valence-electron chi connectivity index (χ4n) is 2.13. The highest BCUT2D eigenvalue weighted by atomic mass is 16.5. The van der Waals surface area contributed by atoms with Crippen LogP contribution in [0.1, 0.15) is 16.8 Å². The molecule has 0 saturated carbocycles. The van der Waals surface area contributed by atoms with Gasteiger partial charge in [0.2, 0.25) is 0 Å². The standard InChI is InChI=1S/C17H22N4O/c1-13-10-14(7-8-16(13)22-3)11-20-17(18-2)21-12-15-6-4-5-9-19-15/h4-10H,11-12H2,1-3H3,(H2,18,20,21). The van der Waals surface area contributed by atoms with Crippen molar-refractivity contribution in [1.29, 1.82) is 0 Å². The first-order valence-corrected chi connectivity index (χ1v) is 7.21. The van der Waals surface area contributed by atoms with Crippen LogP contribution < -0.4 is 15.4 Å². The van der Waals surface area contributed by atoms with Crippen LogP contribution in [0.2, 0.25) is 0 Å². The largest absolute Gasteiger partial charge is 0.496 e. The van der Waals surface area contributed by atoms with Gasteiger partial charge in [-0.25, -0.2) is 0 Å². The zero-order chi connectivity index (χ0) is 15.8. The van der Waals surface area contributed by atoms with Gasteiger partial charge in [-0.15, -0.1) is 0 Å². The molecule has 0 aliphatic carbocycles. The summed E-state index contributed by atoms with van der Waals surface area (Å²) in [6.45, 7) is 3.38. The zero-order valence-corrected chi connectivity index (χ0v) is 13.3. The molecule has 116 valence electrons. The molecule has 5 heteroatoms. The molecule has 0 radical (unpaired) electrons. The molecule has 1 aromatic carbocycles. The van der Waals surface area contributed by atoms with E-state index >= 15 is 0 Å². The molecule has 1 aromatic heterocycles. The molecule has 5 nitrogen and oxygen atoms in total.